The van der Waals surface area contributed by atoms with Gasteiger partial charge in [-0.2, -0.15) is 0 Å². The largest absolute Gasteiger partial charge is 0.503 e. The molecule has 6 rings (SSSR count). The van der Waals surface area contributed by atoms with E-state index in [2.05, 4.69) is 17.1 Å². The molecule has 1 atom stereocenters. The van der Waals surface area contributed by atoms with Gasteiger partial charge in [0.1, 0.15) is 5.75 Å². The molecule has 3 aromatic carbocycles. The van der Waals surface area contributed by atoms with Crippen molar-refractivity contribution in [3.05, 3.63) is 107 Å². The molecule has 1 aliphatic rings. The number of fused-ring (bicyclic) bond motifs is 1. The highest BCUT2D eigenvalue weighted by Gasteiger charge is 2.47. The number of benzene rings is 3. The third kappa shape index (κ3) is 5.80. The zero-order valence-electron chi connectivity index (χ0n) is 24.1. The summed E-state index contributed by atoms with van der Waals surface area (Å²) >= 11 is 2.71. The highest BCUT2D eigenvalue weighted by Crippen LogP contribution is 2.44. The first kappa shape index (κ1) is 29.5. The number of rotatable bonds is 12. The van der Waals surface area contributed by atoms with E-state index in [1.165, 1.54) is 35.1 Å². The summed E-state index contributed by atoms with van der Waals surface area (Å²) < 4.78 is 17.8. The quantitative estimate of drug-likeness (QED) is 0.0648. The Labute approximate surface area is 262 Å². The number of hydrogen-bond acceptors (Lipinski definition) is 10. The van der Waals surface area contributed by atoms with Crippen molar-refractivity contribution in [2.24, 2.45) is 0 Å². The molecular formula is C33H29N3O6S2. The van der Waals surface area contributed by atoms with Gasteiger partial charge in [-0.25, -0.2) is 0 Å². The number of aromatic nitrogens is 2. The van der Waals surface area contributed by atoms with Gasteiger partial charge in [-0.15, -0.1) is 10.2 Å². The Kier molecular flexibility index (Phi) is 8.67. The minimum absolute atomic E-state index is 0.0263. The number of carbonyl (C=O) groups excluding carboxylic acids is 2. The molecule has 11 heteroatoms. The summed E-state index contributed by atoms with van der Waals surface area (Å²) in [5.41, 5.74) is 2.01. The number of anilines is 1. The van der Waals surface area contributed by atoms with Gasteiger partial charge >= 0.3 is 0 Å². The summed E-state index contributed by atoms with van der Waals surface area (Å²) in [6.07, 6.45) is 1.93. The van der Waals surface area contributed by atoms with Crippen LogP contribution < -0.4 is 14.4 Å². The van der Waals surface area contributed by atoms with Crippen molar-refractivity contribution in [3.8, 4) is 11.5 Å². The number of aliphatic hydroxyl groups is 1. The predicted molar refractivity (Wildman–Crippen MR) is 170 cm³/mol. The standard InChI is InChI=1S/C33H29N3O6S2/c1-3-4-17-41-23-15-13-21(14-16-23)27-26(28(37)25-18-22-11-8-12-24(40-2)30(22)42-25)29(38)31(39)36(27)32-34-35-33(44-32)43-19-20-9-6-5-7-10-20/h5-16,18,27,38H,3-4,17,19H2,1-2H3. The molecule has 0 saturated carbocycles. The van der Waals surface area contributed by atoms with Gasteiger partial charge in [0.05, 0.1) is 25.3 Å². The van der Waals surface area contributed by atoms with Crippen LogP contribution in [-0.4, -0.2) is 40.7 Å². The Morgan fingerprint density at radius 2 is 1.86 bits per heavy atom. The summed E-state index contributed by atoms with van der Waals surface area (Å²) in [5.74, 6) is -0.243. The third-order valence-electron chi connectivity index (χ3n) is 7.17. The number of carbonyl (C=O) groups is 2. The maximum atomic E-state index is 14.0. The lowest BCUT2D eigenvalue weighted by atomic mass is 9.95. The van der Waals surface area contributed by atoms with Gasteiger partial charge in [-0.1, -0.05) is 91.0 Å². The SMILES string of the molecule is CCCCOc1ccc(C2C(C(=O)c3cc4cccc(OC)c4o3)=C(O)C(=O)N2c2nnc(SCc3ccccc3)s2)cc1. The van der Waals surface area contributed by atoms with Crippen LogP contribution in [0.2, 0.25) is 0 Å². The maximum absolute atomic E-state index is 14.0. The van der Waals surface area contributed by atoms with E-state index in [0.29, 0.717) is 44.7 Å². The van der Waals surface area contributed by atoms with Crippen LogP contribution in [0.5, 0.6) is 11.5 Å². The number of ether oxygens (including phenoxy) is 2. The zero-order chi connectivity index (χ0) is 30.6. The molecule has 1 N–H and O–H groups in total. The van der Waals surface area contributed by atoms with E-state index in [1.54, 1.807) is 48.5 Å². The molecule has 0 spiro atoms. The van der Waals surface area contributed by atoms with Crippen LogP contribution in [0.25, 0.3) is 11.0 Å². The zero-order valence-corrected chi connectivity index (χ0v) is 25.7. The van der Waals surface area contributed by atoms with Crippen LogP contribution in [0.1, 0.15) is 47.5 Å². The molecule has 1 unspecified atom stereocenters. The third-order valence-corrected chi connectivity index (χ3v) is 9.30. The number of amides is 1. The Morgan fingerprint density at radius 1 is 1.07 bits per heavy atom. The Bertz CT molecular complexity index is 1830. The average Bonchev–Trinajstić information content (AvgIpc) is 3.77. The number of unbranched alkanes of at least 4 members (excludes halogenated alkanes) is 1. The van der Waals surface area contributed by atoms with Crippen LogP contribution in [0.3, 0.4) is 0 Å². The number of nitrogens with zero attached hydrogens (tertiary/aromatic N) is 3. The summed E-state index contributed by atoms with van der Waals surface area (Å²) in [7, 11) is 1.51. The lowest BCUT2D eigenvalue weighted by Crippen LogP contribution is -2.31. The minimum atomic E-state index is -0.977. The molecule has 0 bridgehead atoms. The van der Waals surface area contributed by atoms with Crippen molar-refractivity contribution in [2.75, 3.05) is 18.6 Å². The summed E-state index contributed by atoms with van der Waals surface area (Å²) in [5, 5.41) is 20.7. The summed E-state index contributed by atoms with van der Waals surface area (Å²) in [6.45, 7) is 2.67. The highest BCUT2D eigenvalue weighted by molar-refractivity contribution is 8.00. The maximum Gasteiger partial charge on any atom is 0.296 e. The van der Waals surface area contributed by atoms with Crippen molar-refractivity contribution in [2.45, 2.75) is 35.9 Å². The second-order valence-electron chi connectivity index (χ2n) is 10.1. The van der Waals surface area contributed by atoms with Gasteiger partial charge < -0.3 is 19.0 Å². The number of methoxy groups -OCH3 is 1. The Balaban J connectivity index is 1.36. The number of aliphatic hydroxyl groups excluding tert-OH is 1. The topological polar surface area (TPSA) is 115 Å². The molecule has 1 aliphatic heterocycles. The monoisotopic (exact) mass is 627 g/mol. The van der Waals surface area contributed by atoms with Gasteiger partial charge in [-0.05, 0) is 41.8 Å². The van der Waals surface area contributed by atoms with Crippen molar-refractivity contribution < 1.29 is 28.6 Å². The number of ketones is 1. The molecule has 0 saturated heterocycles. The molecule has 0 fully saturated rings. The van der Waals surface area contributed by atoms with E-state index in [4.69, 9.17) is 13.9 Å². The fourth-order valence-corrected chi connectivity index (χ4v) is 6.77. The van der Waals surface area contributed by atoms with Gasteiger partial charge in [-0.3, -0.25) is 14.5 Å². The number of Topliss-reactive ketones (excluding diaryl/α,β-unsaturated/α-hetero) is 1. The van der Waals surface area contributed by atoms with Crippen LogP contribution in [-0.2, 0) is 10.5 Å². The molecule has 44 heavy (non-hydrogen) atoms. The first-order chi connectivity index (χ1) is 21.5. The second-order valence-corrected chi connectivity index (χ2v) is 12.2. The van der Waals surface area contributed by atoms with E-state index in [-0.39, 0.29) is 16.5 Å². The fourth-order valence-electron chi connectivity index (χ4n) is 4.95. The van der Waals surface area contributed by atoms with Gasteiger partial charge in [0.25, 0.3) is 5.91 Å². The van der Waals surface area contributed by atoms with Crippen LogP contribution >= 0.6 is 23.1 Å². The molecule has 224 valence electrons. The summed E-state index contributed by atoms with van der Waals surface area (Å²) in [6, 6.07) is 23.0. The Morgan fingerprint density at radius 3 is 2.61 bits per heavy atom. The molecule has 0 aliphatic carbocycles. The van der Waals surface area contributed by atoms with E-state index in [0.717, 1.165) is 18.4 Å². The first-order valence-corrected chi connectivity index (χ1v) is 15.9. The van der Waals surface area contributed by atoms with Gasteiger partial charge in [0, 0.05) is 11.1 Å². The minimum Gasteiger partial charge on any atom is -0.503 e. The van der Waals surface area contributed by atoms with Crippen molar-refractivity contribution in [3.63, 3.8) is 0 Å². The fraction of sp³-hybridized carbons (Fsp3) is 0.212. The number of hydrogen-bond donors (Lipinski definition) is 1. The lowest BCUT2D eigenvalue weighted by molar-refractivity contribution is -0.117. The second kappa shape index (κ2) is 12.9. The van der Waals surface area contributed by atoms with Crippen LogP contribution in [0, 0.1) is 0 Å². The Hall–Kier alpha value is -4.61. The molecule has 9 nitrogen and oxygen atoms in total. The van der Waals surface area contributed by atoms with Crippen molar-refractivity contribution in [1.29, 1.82) is 0 Å². The first-order valence-electron chi connectivity index (χ1n) is 14.1. The van der Waals surface area contributed by atoms with E-state index >= 15 is 0 Å². The smallest absolute Gasteiger partial charge is 0.296 e. The van der Waals surface area contributed by atoms with E-state index < -0.39 is 23.5 Å². The normalized spacial score (nSPS) is 14.9. The molecule has 1 amide bonds. The van der Waals surface area contributed by atoms with Crippen LogP contribution in [0.4, 0.5) is 5.13 Å². The van der Waals surface area contributed by atoms with Gasteiger partial charge in [0.2, 0.25) is 10.9 Å². The number of para-hydroxylation sites is 1. The number of thioether (sulfide) groups is 1. The predicted octanol–water partition coefficient (Wildman–Crippen LogP) is 7.55. The van der Waals surface area contributed by atoms with E-state index in [1.807, 2.05) is 30.3 Å². The average molecular weight is 628 g/mol. The molecule has 0 radical (unpaired) electrons. The van der Waals surface area contributed by atoms with E-state index in [9.17, 15) is 14.7 Å². The molecule has 3 heterocycles. The van der Waals surface area contributed by atoms with Crippen molar-refractivity contribution >= 4 is 50.9 Å². The van der Waals surface area contributed by atoms with Gasteiger partial charge in [0.15, 0.2) is 27.2 Å². The van der Waals surface area contributed by atoms with Crippen molar-refractivity contribution in [1.82, 2.24) is 10.2 Å². The summed E-state index contributed by atoms with van der Waals surface area (Å²) in [4.78, 5) is 29.0. The molecule has 2 aromatic heterocycles. The number of furan rings is 1. The molecular weight excluding hydrogens is 599 g/mol. The molecule has 5 aromatic rings. The lowest BCUT2D eigenvalue weighted by Gasteiger charge is -2.24. The van der Waals surface area contributed by atoms with Crippen LogP contribution in [0.15, 0.2) is 99.0 Å². The highest BCUT2D eigenvalue weighted by atomic mass is 32.2.